The van der Waals surface area contributed by atoms with E-state index in [1.54, 1.807) is 0 Å². The molecule has 2 nitrogen and oxygen atoms in total. The SMILES string of the molecule is Nc1cc(N)cc(C(F)(F)C(F)(F)F)c1. The molecule has 0 aliphatic heterocycles. The summed E-state index contributed by atoms with van der Waals surface area (Å²) >= 11 is 0. The van der Waals surface area contributed by atoms with Crippen LogP contribution in [-0.4, -0.2) is 6.18 Å². The van der Waals surface area contributed by atoms with Gasteiger partial charge in [-0.25, -0.2) is 0 Å². The largest absolute Gasteiger partial charge is 0.458 e. The number of halogens is 5. The molecule has 1 aromatic carbocycles. The summed E-state index contributed by atoms with van der Waals surface area (Å²) in [4.78, 5) is 0. The summed E-state index contributed by atoms with van der Waals surface area (Å²) in [6, 6.07) is 2.18. The Morgan fingerprint density at radius 3 is 1.53 bits per heavy atom. The summed E-state index contributed by atoms with van der Waals surface area (Å²) in [5.41, 5.74) is 8.50. The third-order valence-electron chi connectivity index (χ3n) is 1.70. The highest BCUT2D eigenvalue weighted by Crippen LogP contribution is 2.44. The molecule has 0 saturated heterocycles. The number of hydrogen-bond donors (Lipinski definition) is 2. The molecule has 0 aliphatic carbocycles. The highest BCUT2D eigenvalue weighted by Gasteiger charge is 2.58. The van der Waals surface area contributed by atoms with Gasteiger partial charge < -0.3 is 11.5 Å². The normalized spacial score (nSPS) is 12.9. The van der Waals surface area contributed by atoms with Crippen LogP contribution >= 0.6 is 0 Å². The van der Waals surface area contributed by atoms with Crippen LogP contribution in [0.2, 0.25) is 0 Å². The molecule has 0 aliphatic rings. The van der Waals surface area contributed by atoms with Gasteiger partial charge in [0, 0.05) is 16.9 Å². The monoisotopic (exact) mass is 226 g/mol. The summed E-state index contributed by atoms with van der Waals surface area (Å²) < 4.78 is 61.4. The van der Waals surface area contributed by atoms with Gasteiger partial charge in [-0.3, -0.25) is 0 Å². The minimum atomic E-state index is -5.66. The van der Waals surface area contributed by atoms with Crippen LogP contribution in [0.5, 0.6) is 0 Å². The zero-order valence-corrected chi connectivity index (χ0v) is 7.28. The average Bonchev–Trinajstić information content (AvgIpc) is 1.99. The summed E-state index contributed by atoms with van der Waals surface area (Å²) in [5, 5.41) is 0. The molecule has 0 amide bonds. The van der Waals surface area contributed by atoms with E-state index < -0.39 is 17.7 Å². The maximum absolute atomic E-state index is 12.8. The summed E-state index contributed by atoms with van der Waals surface area (Å²) in [6.45, 7) is 0. The minimum absolute atomic E-state index is 0.242. The first-order valence-electron chi connectivity index (χ1n) is 3.75. The number of rotatable bonds is 1. The second kappa shape index (κ2) is 3.25. The molecule has 0 unspecified atom stereocenters. The third-order valence-corrected chi connectivity index (χ3v) is 1.70. The van der Waals surface area contributed by atoms with Crippen LogP contribution in [0.1, 0.15) is 5.56 Å². The van der Waals surface area contributed by atoms with Crippen LogP contribution in [0.25, 0.3) is 0 Å². The number of alkyl halides is 5. The van der Waals surface area contributed by atoms with Gasteiger partial charge in [0.05, 0.1) is 0 Å². The van der Waals surface area contributed by atoms with Crippen molar-refractivity contribution in [3.8, 4) is 0 Å². The Balaban J connectivity index is 3.27. The second-order valence-corrected chi connectivity index (χ2v) is 2.96. The van der Waals surface area contributed by atoms with Crippen LogP contribution in [0.3, 0.4) is 0 Å². The van der Waals surface area contributed by atoms with E-state index in [0.29, 0.717) is 12.1 Å². The van der Waals surface area contributed by atoms with Crippen molar-refractivity contribution in [1.82, 2.24) is 0 Å². The third kappa shape index (κ3) is 2.11. The molecular weight excluding hydrogens is 219 g/mol. The Kier molecular flexibility index (Phi) is 2.50. The minimum Gasteiger partial charge on any atom is -0.399 e. The van der Waals surface area contributed by atoms with Crippen LogP contribution in [0.15, 0.2) is 18.2 Å². The van der Waals surface area contributed by atoms with E-state index in [1.807, 2.05) is 0 Å². The number of benzene rings is 1. The van der Waals surface area contributed by atoms with Crippen LogP contribution in [-0.2, 0) is 5.92 Å². The first kappa shape index (κ1) is 11.5. The van der Waals surface area contributed by atoms with E-state index in [1.165, 1.54) is 0 Å². The molecule has 1 aromatic rings. The predicted octanol–water partition coefficient (Wildman–Crippen LogP) is 2.51. The van der Waals surface area contributed by atoms with E-state index in [-0.39, 0.29) is 11.4 Å². The van der Waals surface area contributed by atoms with Gasteiger partial charge in [-0.1, -0.05) is 0 Å². The van der Waals surface area contributed by atoms with Crippen molar-refractivity contribution in [1.29, 1.82) is 0 Å². The molecule has 4 N–H and O–H groups in total. The van der Waals surface area contributed by atoms with Gasteiger partial charge in [0.25, 0.3) is 0 Å². The molecule has 0 fully saturated rings. The van der Waals surface area contributed by atoms with Gasteiger partial charge in [0.15, 0.2) is 0 Å². The predicted molar refractivity (Wildman–Crippen MR) is 45.2 cm³/mol. The van der Waals surface area contributed by atoms with Gasteiger partial charge in [-0.2, -0.15) is 22.0 Å². The molecule has 15 heavy (non-hydrogen) atoms. The van der Waals surface area contributed by atoms with Crippen molar-refractivity contribution in [2.75, 3.05) is 11.5 Å². The first-order chi connectivity index (χ1) is 6.64. The molecule has 0 radical (unpaired) electrons. The Bertz CT molecular complexity index is 352. The zero-order chi connectivity index (χ0) is 11.9. The molecule has 7 heteroatoms. The van der Waals surface area contributed by atoms with Gasteiger partial charge in [-0.15, -0.1) is 0 Å². The van der Waals surface area contributed by atoms with Crippen molar-refractivity contribution in [3.05, 3.63) is 23.8 Å². The fourth-order valence-corrected chi connectivity index (χ4v) is 1.02. The molecule has 0 aromatic heterocycles. The Hall–Kier alpha value is -1.53. The van der Waals surface area contributed by atoms with Crippen molar-refractivity contribution in [2.45, 2.75) is 12.1 Å². The number of nitrogens with two attached hydrogens (primary N) is 2. The van der Waals surface area contributed by atoms with Crippen molar-refractivity contribution in [2.24, 2.45) is 0 Å². The fourth-order valence-electron chi connectivity index (χ4n) is 1.02. The van der Waals surface area contributed by atoms with Crippen molar-refractivity contribution < 1.29 is 22.0 Å². The molecule has 0 heterocycles. The molecule has 0 spiro atoms. The molecule has 0 saturated carbocycles. The van der Waals surface area contributed by atoms with E-state index in [9.17, 15) is 22.0 Å². The molecule has 1 rings (SSSR count). The lowest BCUT2D eigenvalue weighted by Crippen LogP contribution is -2.33. The van der Waals surface area contributed by atoms with Gasteiger partial charge in [-0.05, 0) is 18.2 Å². The van der Waals surface area contributed by atoms with E-state index in [0.717, 1.165) is 6.07 Å². The number of nitrogen functional groups attached to an aromatic ring is 2. The van der Waals surface area contributed by atoms with E-state index in [4.69, 9.17) is 11.5 Å². The number of hydrogen-bond acceptors (Lipinski definition) is 2. The van der Waals surface area contributed by atoms with Crippen LogP contribution in [0.4, 0.5) is 33.3 Å². The lowest BCUT2D eigenvalue weighted by Gasteiger charge is -2.20. The highest BCUT2D eigenvalue weighted by molar-refractivity contribution is 5.55. The summed E-state index contributed by atoms with van der Waals surface area (Å²) in [7, 11) is 0. The molecular formula is C8H7F5N2. The summed E-state index contributed by atoms with van der Waals surface area (Å²) in [5.74, 6) is -4.95. The quantitative estimate of drug-likeness (QED) is 0.571. The van der Waals surface area contributed by atoms with Crippen LogP contribution < -0.4 is 11.5 Å². The second-order valence-electron chi connectivity index (χ2n) is 2.96. The topological polar surface area (TPSA) is 52.0 Å². The zero-order valence-electron chi connectivity index (χ0n) is 7.28. The number of anilines is 2. The van der Waals surface area contributed by atoms with E-state index in [2.05, 4.69) is 0 Å². The van der Waals surface area contributed by atoms with E-state index >= 15 is 0 Å². The van der Waals surface area contributed by atoms with Gasteiger partial charge in [0.2, 0.25) is 0 Å². The van der Waals surface area contributed by atoms with Gasteiger partial charge >= 0.3 is 12.1 Å². The molecule has 0 bridgehead atoms. The Labute approximate surface area is 81.7 Å². The maximum atomic E-state index is 12.8. The van der Waals surface area contributed by atoms with Crippen LogP contribution in [0, 0.1) is 0 Å². The fraction of sp³-hybridized carbons (Fsp3) is 0.250. The summed E-state index contributed by atoms with van der Waals surface area (Å²) in [6.07, 6.45) is -5.66. The molecule has 84 valence electrons. The maximum Gasteiger partial charge on any atom is 0.458 e. The Morgan fingerprint density at radius 2 is 1.20 bits per heavy atom. The first-order valence-corrected chi connectivity index (χ1v) is 3.75. The van der Waals surface area contributed by atoms with Gasteiger partial charge in [0.1, 0.15) is 0 Å². The lowest BCUT2D eigenvalue weighted by atomic mass is 10.1. The standard InChI is InChI=1S/C8H7F5N2/c9-7(10,8(11,12)13)4-1-5(14)3-6(15)2-4/h1-3H,14-15H2. The van der Waals surface area contributed by atoms with Crippen molar-refractivity contribution in [3.63, 3.8) is 0 Å². The lowest BCUT2D eigenvalue weighted by molar-refractivity contribution is -0.289. The highest BCUT2D eigenvalue weighted by atomic mass is 19.4. The van der Waals surface area contributed by atoms with Crippen molar-refractivity contribution >= 4 is 11.4 Å². The molecule has 0 atom stereocenters. The smallest absolute Gasteiger partial charge is 0.399 e. The average molecular weight is 226 g/mol. The Morgan fingerprint density at radius 1 is 0.800 bits per heavy atom.